The third kappa shape index (κ3) is 1.36. The van der Waals surface area contributed by atoms with E-state index in [-0.39, 0.29) is 0 Å². The average molecular weight is 211 g/mol. The molecule has 1 nitrogen and oxygen atoms in total. The summed E-state index contributed by atoms with van der Waals surface area (Å²) in [5.41, 5.74) is 1.77. The van der Waals surface area contributed by atoms with E-state index >= 15 is 0 Å². The number of thiophene rings is 1. The van der Waals surface area contributed by atoms with Crippen molar-refractivity contribution in [2.24, 2.45) is 0 Å². The fourth-order valence-corrected chi connectivity index (χ4v) is 2.80. The van der Waals surface area contributed by atoms with Crippen molar-refractivity contribution >= 4 is 39.3 Å². The molecule has 0 spiro atoms. The number of halogens is 1. The van der Waals surface area contributed by atoms with Gasteiger partial charge in [0.25, 0.3) is 0 Å². The van der Waals surface area contributed by atoms with Gasteiger partial charge in [-0.05, 0) is 24.6 Å². The standard InChI is InChI=1S/C10H7ClOS/c1-6-2-7(4-12)3-9-10(6)8(11)5-13-9/h2-5H,1H3. The largest absolute Gasteiger partial charge is 0.298 e. The Morgan fingerprint density at radius 3 is 2.92 bits per heavy atom. The summed E-state index contributed by atoms with van der Waals surface area (Å²) in [6, 6.07) is 3.72. The molecule has 2 rings (SSSR count). The summed E-state index contributed by atoms with van der Waals surface area (Å²) >= 11 is 7.56. The molecule has 0 bridgehead atoms. The number of rotatable bonds is 1. The molecular formula is C10H7ClOS. The highest BCUT2D eigenvalue weighted by molar-refractivity contribution is 7.17. The molecule has 0 N–H and O–H groups in total. The molecule has 13 heavy (non-hydrogen) atoms. The molecule has 1 aromatic carbocycles. The third-order valence-electron chi connectivity index (χ3n) is 1.99. The fraction of sp³-hybridized carbons (Fsp3) is 0.100. The molecule has 0 aliphatic heterocycles. The fourth-order valence-electron chi connectivity index (χ4n) is 1.42. The summed E-state index contributed by atoms with van der Waals surface area (Å²) < 4.78 is 1.08. The van der Waals surface area contributed by atoms with E-state index in [2.05, 4.69) is 0 Å². The van der Waals surface area contributed by atoms with Gasteiger partial charge in [0.1, 0.15) is 6.29 Å². The first-order valence-electron chi connectivity index (χ1n) is 3.85. The van der Waals surface area contributed by atoms with Crippen LogP contribution in [0, 0.1) is 6.92 Å². The molecule has 0 fully saturated rings. The van der Waals surface area contributed by atoms with Gasteiger partial charge in [0.2, 0.25) is 0 Å². The highest BCUT2D eigenvalue weighted by Crippen LogP contribution is 2.32. The molecule has 0 aliphatic rings. The molecular weight excluding hydrogens is 204 g/mol. The predicted octanol–water partition coefficient (Wildman–Crippen LogP) is 3.68. The van der Waals surface area contributed by atoms with Crippen LogP contribution >= 0.6 is 22.9 Å². The van der Waals surface area contributed by atoms with Crippen LogP contribution < -0.4 is 0 Å². The first kappa shape index (κ1) is 8.73. The Kier molecular flexibility index (Phi) is 2.10. The van der Waals surface area contributed by atoms with E-state index < -0.39 is 0 Å². The van der Waals surface area contributed by atoms with Gasteiger partial charge in [-0.3, -0.25) is 4.79 Å². The van der Waals surface area contributed by atoms with Crippen LogP contribution in [-0.2, 0) is 0 Å². The molecule has 0 saturated heterocycles. The third-order valence-corrected chi connectivity index (χ3v) is 3.34. The van der Waals surface area contributed by atoms with Crippen LogP contribution in [-0.4, -0.2) is 6.29 Å². The molecule has 0 amide bonds. The predicted molar refractivity (Wildman–Crippen MR) is 57.0 cm³/mol. The Hall–Kier alpha value is -0.860. The van der Waals surface area contributed by atoms with Crippen LogP contribution in [0.25, 0.3) is 10.1 Å². The maximum Gasteiger partial charge on any atom is 0.150 e. The zero-order valence-electron chi connectivity index (χ0n) is 7.00. The van der Waals surface area contributed by atoms with Crippen molar-refractivity contribution in [2.45, 2.75) is 6.92 Å². The number of benzene rings is 1. The quantitative estimate of drug-likeness (QED) is 0.657. The summed E-state index contributed by atoms with van der Waals surface area (Å²) in [6.07, 6.45) is 0.861. The maximum absolute atomic E-state index is 10.6. The van der Waals surface area contributed by atoms with Crippen molar-refractivity contribution in [2.75, 3.05) is 0 Å². The van der Waals surface area contributed by atoms with E-state index in [0.29, 0.717) is 5.56 Å². The normalized spacial score (nSPS) is 10.6. The molecule has 1 heterocycles. The minimum absolute atomic E-state index is 0.712. The second-order valence-electron chi connectivity index (χ2n) is 2.91. The second kappa shape index (κ2) is 3.13. The molecule has 0 unspecified atom stereocenters. The van der Waals surface area contributed by atoms with E-state index in [1.165, 1.54) is 0 Å². The van der Waals surface area contributed by atoms with Gasteiger partial charge in [-0.2, -0.15) is 0 Å². The minimum Gasteiger partial charge on any atom is -0.298 e. The smallest absolute Gasteiger partial charge is 0.150 e. The number of carbonyl (C=O) groups is 1. The Balaban J connectivity index is 2.86. The molecule has 1 aromatic heterocycles. The lowest BCUT2D eigenvalue weighted by molar-refractivity contribution is 0.112. The van der Waals surface area contributed by atoms with Crippen molar-refractivity contribution in [3.05, 3.63) is 33.7 Å². The molecule has 0 aliphatic carbocycles. The lowest BCUT2D eigenvalue weighted by atomic mass is 10.1. The van der Waals surface area contributed by atoms with Crippen LogP contribution in [0.4, 0.5) is 0 Å². The molecule has 0 saturated carbocycles. The summed E-state index contributed by atoms with van der Waals surface area (Å²) in [5, 5.41) is 3.74. The van der Waals surface area contributed by atoms with Crippen molar-refractivity contribution in [1.82, 2.24) is 0 Å². The average Bonchev–Trinajstić information content (AvgIpc) is 2.48. The molecule has 2 aromatic rings. The van der Waals surface area contributed by atoms with Gasteiger partial charge in [0, 0.05) is 21.0 Å². The topological polar surface area (TPSA) is 17.1 Å². The number of aldehydes is 1. The van der Waals surface area contributed by atoms with E-state index in [9.17, 15) is 4.79 Å². The summed E-state index contributed by atoms with van der Waals surface area (Å²) in [4.78, 5) is 10.6. The number of hydrogen-bond acceptors (Lipinski definition) is 2. The van der Waals surface area contributed by atoms with E-state index in [1.807, 2.05) is 24.4 Å². The number of aryl methyl sites for hydroxylation is 1. The molecule has 66 valence electrons. The van der Waals surface area contributed by atoms with Crippen LogP contribution in [0.3, 0.4) is 0 Å². The number of fused-ring (bicyclic) bond motifs is 1. The van der Waals surface area contributed by atoms with Gasteiger partial charge in [-0.15, -0.1) is 11.3 Å². The monoisotopic (exact) mass is 210 g/mol. The maximum atomic E-state index is 10.6. The van der Waals surface area contributed by atoms with Crippen LogP contribution in [0.1, 0.15) is 15.9 Å². The van der Waals surface area contributed by atoms with Crippen LogP contribution in [0.2, 0.25) is 5.02 Å². The zero-order chi connectivity index (χ0) is 9.42. The number of carbonyl (C=O) groups excluding carboxylic acids is 1. The molecule has 0 radical (unpaired) electrons. The van der Waals surface area contributed by atoms with Crippen molar-refractivity contribution in [3.8, 4) is 0 Å². The highest BCUT2D eigenvalue weighted by Gasteiger charge is 2.05. The first-order chi connectivity index (χ1) is 6.22. The minimum atomic E-state index is 0.712. The lowest BCUT2D eigenvalue weighted by Crippen LogP contribution is -1.81. The summed E-state index contributed by atoms with van der Waals surface area (Å²) in [5.74, 6) is 0. The van der Waals surface area contributed by atoms with Gasteiger partial charge in [-0.25, -0.2) is 0 Å². The Bertz CT molecular complexity index is 473. The van der Waals surface area contributed by atoms with Gasteiger partial charge < -0.3 is 0 Å². The van der Waals surface area contributed by atoms with Gasteiger partial charge in [0.05, 0.1) is 5.02 Å². The SMILES string of the molecule is Cc1cc(C=O)cc2scc(Cl)c12. The van der Waals surface area contributed by atoms with Gasteiger partial charge in [-0.1, -0.05) is 11.6 Å². The first-order valence-corrected chi connectivity index (χ1v) is 5.10. The Morgan fingerprint density at radius 1 is 1.46 bits per heavy atom. The van der Waals surface area contributed by atoms with Crippen molar-refractivity contribution < 1.29 is 4.79 Å². The van der Waals surface area contributed by atoms with Crippen molar-refractivity contribution in [3.63, 3.8) is 0 Å². The Morgan fingerprint density at radius 2 is 2.23 bits per heavy atom. The highest BCUT2D eigenvalue weighted by atomic mass is 35.5. The van der Waals surface area contributed by atoms with E-state index in [4.69, 9.17) is 11.6 Å². The van der Waals surface area contributed by atoms with Gasteiger partial charge in [0.15, 0.2) is 0 Å². The molecule has 0 atom stereocenters. The van der Waals surface area contributed by atoms with Crippen molar-refractivity contribution in [1.29, 1.82) is 0 Å². The zero-order valence-corrected chi connectivity index (χ0v) is 8.58. The summed E-state index contributed by atoms with van der Waals surface area (Å²) in [6.45, 7) is 1.97. The van der Waals surface area contributed by atoms with E-state index in [1.54, 1.807) is 11.3 Å². The Labute approximate surface area is 84.9 Å². The van der Waals surface area contributed by atoms with E-state index in [0.717, 1.165) is 27.0 Å². The second-order valence-corrected chi connectivity index (χ2v) is 4.23. The van der Waals surface area contributed by atoms with Gasteiger partial charge >= 0.3 is 0 Å². The molecule has 3 heteroatoms. The van der Waals surface area contributed by atoms with Crippen LogP contribution in [0.5, 0.6) is 0 Å². The van der Waals surface area contributed by atoms with Crippen LogP contribution in [0.15, 0.2) is 17.5 Å². The number of hydrogen-bond donors (Lipinski definition) is 0. The lowest BCUT2D eigenvalue weighted by Gasteiger charge is -1.98. The summed E-state index contributed by atoms with van der Waals surface area (Å²) in [7, 11) is 0.